The van der Waals surface area contributed by atoms with Crippen LogP contribution in [0.25, 0.3) is 0 Å². The van der Waals surface area contributed by atoms with Crippen LogP contribution < -0.4 is 11.1 Å². The third kappa shape index (κ3) is 3.93. The molecule has 0 aromatic rings. The topological polar surface area (TPSA) is 92.4 Å². The van der Waals surface area contributed by atoms with E-state index in [4.69, 9.17) is 5.73 Å². The lowest BCUT2D eigenvalue weighted by atomic mass is 9.76. The van der Waals surface area contributed by atoms with Crippen molar-refractivity contribution in [3.05, 3.63) is 0 Å². The molecule has 0 aromatic heterocycles. The van der Waals surface area contributed by atoms with Gasteiger partial charge in [0.2, 0.25) is 5.91 Å². The Kier molecular flexibility index (Phi) is 5.35. The number of nitrogens with two attached hydrogens (primary N) is 1. The Bertz CT molecular complexity index is 346. The molecule has 0 spiro atoms. The highest BCUT2D eigenvalue weighted by Gasteiger charge is 2.40. The van der Waals surface area contributed by atoms with Crippen LogP contribution >= 0.6 is 0 Å². The Hall–Kier alpha value is -1.10. The fourth-order valence-corrected chi connectivity index (χ4v) is 2.77. The molecule has 1 aliphatic carbocycles. The van der Waals surface area contributed by atoms with E-state index in [1.165, 1.54) is 0 Å². The van der Waals surface area contributed by atoms with Crippen LogP contribution in [0.15, 0.2) is 0 Å². The molecule has 0 bridgehead atoms. The number of rotatable bonds is 5. The largest absolute Gasteiger partial charge is 0.480 e. The lowest BCUT2D eigenvalue weighted by Gasteiger charge is -2.36. The highest BCUT2D eigenvalue weighted by atomic mass is 16.4. The summed E-state index contributed by atoms with van der Waals surface area (Å²) in [7, 11) is 0. The Labute approximate surface area is 114 Å². The molecule has 4 N–H and O–H groups in total. The lowest BCUT2D eigenvalue weighted by Crippen LogP contribution is -2.60. The molecular weight excluding hydrogens is 244 g/mol. The van der Waals surface area contributed by atoms with Gasteiger partial charge in [0.25, 0.3) is 0 Å². The first kappa shape index (κ1) is 16.0. The molecule has 2 unspecified atom stereocenters. The standard InChI is InChI=1S/C14H26N2O3/c1-4-10(3)11(12(17)18)16-13(19)14(15)7-5-6-9(2)8-14/h9-11H,4-8,15H2,1-3H3,(H,16,19)(H,17,18)/t9?,10-,11-,14?/m0/s1. The van der Waals surface area contributed by atoms with Crippen molar-refractivity contribution in [3.63, 3.8) is 0 Å². The molecule has 0 radical (unpaired) electrons. The van der Waals surface area contributed by atoms with Crippen molar-refractivity contribution in [2.75, 3.05) is 0 Å². The van der Waals surface area contributed by atoms with E-state index in [-0.39, 0.29) is 11.8 Å². The van der Waals surface area contributed by atoms with Crippen molar-refractivity contribution in [3.8, 4) is 0 Å². The molecule has 0 aliphatic heterocycles. The number of carboxylic acids is 1. The van der Waals surface area contributed by atoms with Gasteiger partial charge in [-0.1, -0.05) is 40.0 Å². The van der Waals surface area contributed by atoms with E-state index >= 15 is 0 Å². The van der Waals surface area contributed by atoms with E-state index in [1.807, 2.05) is 13.8 Å². The fourth-order valence-electron chi connectivity index (χ4n) is 2.77. The van der Waals surface area contributed by atoms with Crippen LogP contribution in [-0.4, -0.2) is 28.6 Å². The molecule has 19 heavy (non-hydrogen) atoms. The number of carbonyl (C=O) groups excluding carboxylic acids is 1. The minimum absolute atomic E-state index is 0.105. The zero-order chi connectivity index (χ0) is 14.6. The van der Waals surface area contributed by atoms with Gasteiger partial charge in [0, 0.05) is 0 Å². The molecule has 0 heterocycles. The number of hydrogen-bond donors (Lipinski definition) is 3. The normalized spacial score (nSPS) is 30.4. The summed E-state index contributed by atoms with van der Waals surface area (Å²) >= 11 is 0. The Balaban J connectivity index is 2.73. The van der Waals surface area contributed by atoms with Crippen molar-refractivity contribution in [2.45, 2.75) is 64.5 Å². The molecule has 1 saturated carbocycles. The Morgan fingerprint density at radius 2 is 2.16 bits per heavy atom. The smallest absolute Gasteiger partial charge is 0.326 e. The van der Waals surface area contributed by atoms with Gasteiger partial charge in [0.05, 0.1) is 5.54 Å². The molecule has 1 rings (SSSR count). The zero-order valence-electron chi connectivity index (χ0n) is 12.1. The first-order valence-electron chi connectivity index (χ1n) is 7.12. The van der Waals surface area contributed by atoms with E-state index in [0.717, 1.165) is 12.8 Å². The minimum Gasteiger partial charge on any atom is -0.480 e. The van der Waals surface area contributed by atoms with Gasteiger partial charge >= 0.3 is 5.97 Å². The van der Waals surface area contributed by atoms with E-state index in [0.29, 0.717) is 25.2 Å². The predicted octanol–water partition coefficient (Wildman–Crippen LogP) is 1.51. The summed E-state index contributed by atoms with van der Waals surface area (Å²) in [5, 5.41) is 11.8. The second-order valence-electron chi connectivity index (χ2n) is 6.03. The van der Waals surface area contributed by atoms with Gasteiger partial charge in [-0.25, -0.2) is 4.79 Å². The molecular formula is C14H26N2O3. The monoisotopic (exact) mass is 270 g/mol. The average molecular weight is 270 g/mol. The summed E-state index contributed by atoms with van der Waals surface area (Å²) in [6.45, 7) is 5.82. The lowest BCUT2D eigenvalue weighted by molar-refractivity contribution is -0.144. The predicted molar refractivity (Wildman–Crippen MR) is 73.6 cm³/mol. The first-order chi connectivity index (χ1) is 8.80. The molecule has 0 aromatic carbocycles. The quantitative estimate of drug-likeness (QED) is 0.706. The summed E-state index contributed by atoms with van der Waals surface area (Å²) in [5.74, 6) is -0.996. The molecule has 0 saturated heterocycles. The van der Waals surface area contributed by atoms with Crippen LogP contribution in [0, 0.1) is 11.8 Å². The van der Waals surface area contributed by atoms with Crippen molar-refractivity contribution in [2.24, 2.45) is 17.6 Å². The van der Waals surface area contributed by atoms with Crippen molar-refractivity contribution >= 4 is 11.9 Å². The van der Waals surface area contributed by atoms with Crippen LogP contribution in [0.1, 0.15) is 52.9 Å². The second-order valence-corrected chi connectivity index (χ2v) is 6.03. The second kappa shape index (κ2) is 6.37. The van der Waals surface area contributed by atoms with Gasteiger partial charge in [0.15, 0.2) is 0 Å². The van der Waals surface area contributed by atoms with Crippen molar-refractivity contribution in [1.82, 2.24) is 5.32 Å². The zero-order valence-corrected chi connectivity index (χ0v) is 12.1. The van der Waals surface area contributed by atoms with E-state index < -0.39 is 17.6 Å². The van der Waals surface area contributed by atoms with Crippen LogP contribution in [0.4, 0.5) is 0 Å². The summed E-state index contributed by atoms with van der Waals surface area (Å²) in [5.41, 5.74) is 5.27. The molecule has 110 valence electrons. The van der Waals surface area contributed by atoms with E-state index in [2.05, 4.69) is 12.2 Å². The Morgan fingerprint density at radius 1 is 1.53 bits per heavy atom. The van der Waals surface area contributed by atoms with Gasteiger partial charge in [0.1, 0.15) is 6.04 Å². The fraction of sp³-hybridized carbons (Fsp3) is 0.857. The van der Waals surface area contributed by atoms with E-state index in [1.54, 1.807) is 0 Å². The SMILES string of the molecule is CC[C@H](C)[C@H](NC(=O)C1(N)CCCC(C)C1)C(=O)O. The maximum atomic E-state index is 12.3. The number of nitrogens with one attached hydrogen (secondary N) is 1. The van der Waals surface area contributed by atoms with Gasteiger partial charge < -0.3 is 16.2 Å². The third-order valence-electron chi connectivity index (χ3n) is 4.25. The number of hydrogen-bond acceptors (Lipinski definition) is 3. The van der Waals surface area contributed by atoms with Gasteiger partial charge in [-0.3, -0.25) is 4.79 Å². The number of carbonyl (C=O) groups is 2. The van der Waals surface area contributed by atoms with Crippen LogP contribution in [-0.2, 0) is 9.59 Å². The number of carboxylic acid groups (broad SMARTS) is 1. The number of amides is 1. The highest BCUT2D eigenvalue weighted by Crippen LogP contribution is 2.30. The third-order valence-corrected chi connectivity index (χ3v) is 4.25. The maximum Gasteiger partial charge on any atom is 0.326 e. The average Bonchev–Trinajstić information content (AvgIpc) is 2.34. The first-order valence-corrected chi connectivity index (χ1v) is 7.12. The highest BCUT2D eigenvalue weighted by molar-refractivity contribution is 5.90. The van der Waals surface area contributed by atoms with Crippen LogP contribution in [0.2, 0.25) is 0 Å². The summed E-state index contributed by atoms with van der Waals surface area (Å²) in [6, 6.07) is -0.852. The van der Waals surface area contributed by atoms with Crippen LogP contribution in [0.5, 0.6) is 0 Å². The van der Waals surface area contributed by atoms with Gasteiger partial charge in [-0.2, -0.15) is 0 Å². The molecule has 5 nitrogen and oxygen atoms in total. The summed E-state index contributed by atoms with van der Waals surface area (Å²) in [6.07, 6.45) is 3.97. The Morgan fingerprint density at radius 3 is 2.63 bits per heavy atom. The van der Waals surface area contributed by atoms with E-state index in [9.17, 15) is 14.7 Å². The molecule has 4 atom stereocenters. The molecule has 1 fully saturated rings. The summed E-state index contributed by atoms with van der Waals surface area (Å²) < 4.78 is 0. The van der Waals surface area contributed by atoms with Crippen molar-refractivity contribution in [1.29, 1.82) is 0 Å². The molecule has 1 aliphatic rings. The van der Waals surface area contributed by atoms with Crippen molar-refractivity contribution < 1.29 is 14.7 Å². The van der Waals surface area contributed by atoms with Crippen LogP contribution in [0.3, 0.4) is 0 Å². The molecule has 5 heteroatoms. The van der Waals surface area contributed by atoms with Gasteiger partial charge in [-0.05, 0) is 24.7 Å². The maximum absolute atomic E-state index is 12.3. The number of aliphatic carboxylic acids is 1. The van der Waals surface area contributed by atoms with Gasteiger partial charge in [-0.15, -0.1) is 0 Å². The summed E-state index contributed by atoms with van der Waals surface area (Å²) in [4.78, 5) is 23.5. The molecule has 1 amide bonds. The minimum atomic E-state index is -0.991.